The Labute approximate surface area is 155 Å². The van der Waals surface area contributed by atoms with E-state index in [0.29, 0.717) is 34.4 Å². The lowest BCUT2D eigenvalue weighted by molar-refractivity contribution is 0.0954. The molecule has 0 radical (unpaired) electrons. The highest BCUT2D eigenvalue weighted by molar-refractivity contribution is 6.42. The van der Waals surface area contributed by atoms with E-state index in [1.54, 1.807) is 30.6 Å². The molecule has 1 heterocycles. The van der Waals surface area contributed by atoms with Gasteiger partial charge in [-0.25, -0.2) is 9.97 Å². The van der Waals surface area contributed by atoms with Gasteiger partial charge in [-0.05, 0) is 30.2 Å². The van der Waals surface area contributed by atoms with Crippen LogP contribution < -0.4 is 5.32 Å². The van der Waals surface area contributed by atoms with Crippen LogP contribution in [-0.2, 0) is 6.42 Å². The number of hydrogen-bond donors (Lipinski definition) is 1. The fraction of sp³-hybridized carbons (Fsp3) is 0.105. The van der Waals surface area contributed by atoms with E-state index >= 15 is 0 Å². The molecule has 0 aliphatic rings. The number of amides is 1. The van der Waals surface area contributed by atoms with Crippen molar-refractivity contribution in [2.24, 2.45) is 0 Å². The standard InChI is InChI=1S/C19H15Cl2N3O/c20-16-7-6-15(10-17(16)21)19(25)22-9-8-13-11-23-18(24-12-13)14-4-2-1-3-5-14/h1-7,10-12H,8-9H2,(H,22,25). The second-order valence-corrected chi connectivity index (χ2v) is 6.23. The van der Waals surface area contributed by atoms with Crippen molar-refractivity contribution in [3.8, 4) is 11.4 Å². The predicted molar refractivity (Wildman–Crippen MR) is 100.0 cm³/mol. The third-order valence-electron chi connectivity index (χ3n) is 3.62. The quantitative estimate of drug-likeness (QED) is 0.721. The van der Waals surface area contributed by atoms with Crippen molar-refractivity contribution in [1.82, 2.24) is 15.3 Å². The van der Waals surface area contributed by atoms with Crippen LogP contribution in [0.25, 0.3) is 11.4 Å². The maximum atomic E-state index is 12.1. The first-order valence-corrected chi connectivity index (χ1v) is 8.48. The molecule has 0 aliphatic heterocycles. The van der Waals surface area contributed by atoms with E-state index in [1.165, 1.54) is 0 Å². The van der Waals surface area contributed by atoms with Crippen LogP contribution in [-0.4, -0.2) is 22.4 Å². The molecule has 0 saturated heterocycles. The lowest BCUT2D eigenvalue weighted by Crippen LogP contribution is -2.25. The van der Waals surface area contributed by atoms with Gasteiger partial charge in [0.25, 0.3) is 5.91 Å². The highest BCUT2D eigenvalue weighted by atomic mass is 35.5. The Morgan fingerprint density at radius 2 is 1.68 bits per heavy atom. The SMILES string of the molecule is O=C(NCCc1cnc(-c2ccccc2)nc1)c1ccc(Cl)c(Cl)c1. The molecule has 126 valence electrons. The van der Waals surface area contributed by atoms with Crippen LogP contribution in [0.5, 0.6) is 0 Å². The molecule has 2 aromatic carbocycles. The number of benzene rings is 2. The third-order valence-corrected chi connectivity index (χ3v) is 4.36. The summed E-state index contributed by atoms with van der Waals surface area (Å²) >= 11 is 11.8. The topological polar surface area (TPSA) is 54.9 Å². The van der Waals surface area contributed by atoms with Crippen molar-refractivity contribution < 1.29 is 4.79 Å². The number of carbonyl (C=O) groups is 1. The summed E-state index contributed by atoms with van der Waals surface area (Å²) in [5.74, 6) is 0.490. The van der Waals surface area contributed by atoms with Crippen molar-refractivity contribution >= 4 is 29.1 Å². The Hall–Kier alpha value is -2.43. The van der Waals surface area contributed by atoms with Gasteiger partial charge in [-0.1, -0.05) is 53.5 Å². The highest BCUT2D eigenvalue weighted by Crippen LogP contribution is 2.22. The number of aromatic nitrogens is 2. The van der Waals surface area contributed by atoms with Crippen LogP contribution in [0.2, 0.25) is 10.0 Å². The van der Waals surface area contributed by atoms with Gasteiger partial charge in [-0.2, -0.15) is 0 Å². The maximum Gasteiger partial charge on any atom is 0.251 e. The van der Waals surface area contributed by atoms with Gasteiger partial charge in [0.15, 0.2) is 5.82 Å². The summed E-state index contributed by atoms with van der Waals surface area (Å²) in [5, 5.41) is 3.63. The first-order valence-electron chi connectivity index (χ1n) is 7.73. The molecule has 4 nitrogen and oxygen atoms in total. The van der Waals surface area contributed by atoms with Crippen LogP contribution in [0, 0.1) is 0 Å². The molecule has 0 atom stereocenters. The third kappa shape index (κ3) is 4.56. The maximum absolute atomic E-state index is 12.1. The fourth-order valence-electron chi connectivity index (χ4n) is 2.28. The van der Waals surface area contributed by atoms with Crippen LogP contribution in [0.4, 0.5) is 0 Å². The van der Waals surface area contributed by atoms with Crippen LogP contribution in [0.3, 0.4) is 0 Å². The van der Waals surface area contributed by atoms with E-state index < -0.39 is 0 Å². The van der Waals surface area contributed by atoms with Gasteiger partial charge < -0.3 is 5.32 Å². The predicted octanol–water partition coefficient (Wildman–Crippen LogP) is 4.42. The van der Waals surface area contributed by atoms with Crippen LogP contribution >= 0.6 is 23.2 Å². The molecule has 1 aromatic heterocycles. The number of rotatable bonds is 5. The zero-order valence-corrected chi connectivity index (χ0v) is 14.8. The average Bonchev–Trinajstić information content (AvgIpc) is 2.65. The Morgan fingerprint density at radius 3 is 2.36 bits per heavy atom. The lowest BCUT2D eigenvalue weighted by atomic mass is 10.2. The minimum atomic E-state index is -0.194. The minimum Gasteiger partial charge on any atom is -0.352 e. The molecule has 0 fully saturated rings. The zero-order valence-electron chi connectivity index (χ0n) is 13.2. The molecule has 3 aromatic rings. The summed E-state index contributed by atoms with van der Waals surface area (Å²) in [6.45, 7) is 0.479. The monoisotopic (exact) mass is 371 g/mol. The van der Waals surface area contributed by atoms with Crippen molar-refractivity contribution in [3.63, 3.8) is 0 Å². The Morgan fingerprint density at radius 1 is 0.960 bits per heavy atom. The van der Waals surface area contributed by atoms with Gasteiger partial charge in [0.1, 0.15) is 0 Å². The van der Waals surface area contributed by atoms with Crippen molar-refractivity contribution in [1.29, 1.82) is 0 Å². The van der Waals surface area contributed by atoms with Gasteiger partial charge in [0.2, 0.25) is 0 Å². The van der Waals surface area contributed by atoms with Crippen molar-refractivity contribution in [2.45, 2.75) is 6.42 Å². The molecule has 0 aliphatic carbocycles. The molecule has 25 heavy (non-hydrogen) atoms. The molecule has 1 amide bonds. The normalized spacial score (nSPS) is 10.5. The van der Waals surface area contributed by atoms with Crippen molar-refractivity contribution in [2.75, 3.05) is 6.54 Å². The molecule has 3 rings (SSSR count). The van der Waals surface area contributed by atoms with E-state index in [-0.39, 0.29) is 5.91 Å². The van der Waals surface area contributed by atoms with Crippen LogP contribution in [0.1, 0.15) is 15.9 Å². The second-order valence-electron chi connectivity index (χ2n) is 5.42. The number of nitrogens with zero attached hydrogens (tertiary/aromatic N) is 2. The summed E-state index contributed by atoms with van der Waals surface area (Å²) < 4.78 is 0. The Balaban J connectivity index is 1.55. The molecule has 0 bridgehead atoms. The average molecular weight is 372 g/mol. The molecular formula is C19H15Cl2N3O. The summed E-state index contributed by atoms with van der Waals surface area (Å²) in [6, 6.07) is 14.6. The lowest BCUT2D eigenvalue weighted by Gasteiger charge is -2.06. The summed E-state index contributed by atoms with van der Waals surface area (Å²) in [7, 11) is 0. The van der Waals surface area contributed by atoms with Gasteiger partial charge in [-0.15, -0.1) is 0 Å². The fourth-order valence-corrected chi connectivity index (χ4v) is 2.58. The Kier molecular flexibility index (Phi) is 5.64. The molecule has 0 saturated carbocycles. The van der Waals surface area contributed by atoms with E-state index in [0.717, 1.165) is 11.1 Å². The van der Waals surface area contributed by atoms with E-state index in [4.69, 9.17) is 23.2 Å². The van der Waals surface area contributed by atoms with Gasteiger partial charge in [-0.3, -0.25) is 4.79 Å². The van der Waals surface area contributed by atoms with Gasteiger partial charge >= 0.3 is 0 Å². The molecule has 0 unspecified atom stereocenters. The molecule has 6 heteroatoms. The molecular weight excluding hydrogens is 357 g/mol. The number of carbonyl (C=O) groups excluding carboxylic acids is 1. The number of hydrogen-bond acceptors (Lipinski definition) is 3. The first-order chi connectivity index (χ1) is 12.1. The van der Waals surface area contributed by atoms with Gasteiger partial charge in [0.05, 0.1) is 10.0 Å². The number of nitrogens with one attached hydrogen (secondary N) is 1. The van der Waals surface area contributed by atoms with Crippen LogP contribution in [0.15, 0.2) is 60.9 Å². The highest BCUT2D eigenvalue weighted by Gasteiger charge is 2.08. The van der Waals surface area contributed by atoms with E-state index in [9.17, 15) is 4.79 Å². The summed E-state index contributed by atoms with van der Waals surface area (Å²) in [5.41, 5.74) is 2.40. The van der Waals surface area contributed by atoms with E-state index in [2.05, 4.69) is 15.3 Å². The van der Waals surface area contributed by atoms with Crippen molar-refractivity contribution in [3.05, 3.63) is 82.1 Å². The van der Waals surface area contributed by atoms with Gasteiger partial charge in [0, 0.05) is 30.1 Å². The number of halogens is 2. The summed E-state index contributed by atoms with van der Waals surface area (Å²) in [4.78, 5) is 20.8. The first kappa shape index (κ1) is 17.4. The van der Waals surface area contributed by atoms with E-state index in [1.807, 2.05) is 30.3 Å². The minimum absolute atomic E-state index is 0.194. The zero-order chi connectivity index (χ0) is 17.6. The largest absolute Gasteiger partial charge is 0.352 e. The second kappa shape index (κ2) is 8.10. The smallest absolute Gasteiger partial charge is 0.251 e. The molecule has 1 N–H and O–H groups in total. The Bertz CT molecular complexity index is 868. The summed E-state index contributed by atoms with van der Waals surface area (Å²) in [6.07, 6.45) is 4.20. The molecule has 0 spiro atoms.